The molecule has 1 atom stereocenters. The van der Waals surface area contributed by atoms with Crippen molar-refractivity contribution in [3.8, 4) is 0 Å². The summed E-state index contributed by atoms with van der Waals surface area (Å²) in [7, 11) is 0. The highest BCUT2D eigenvalue weighted by Crippen LogP contribution is 2.24. The van der Waals surface area contributed by atoms with Crippen molar-refractivity contribution in [2.24, 2.45) is 5.92 Å². The van der Waals surface area contributed by atoms with Gasteiger partial charge in [0, 0.05) is 21.8 Å². The molecular formula is C11H12BrNOS. The van der Waals surface area contributed by atoms with Gasteiger partial charge in [0.1, 0.15) is 0 Å². The van der Waals surface area contributed by atoms with Gasteiger partial charge >= 0.3 is 0 Å². The first-order chi connectivity index (χ1) is 7.25. The van der Waals surface area contributed by atoms with Gasteiger partial charge in [-0.1, -0.05) is 15.9 Å². The average molecular weight is 286 g/mol. The van der Waals surface area contributed by atoms with Gasteiger partial charge in [-0.3, -0.25) is 4.79 Å². The maximum absolute atomic E-state index is 11.8. The second-order valence-corrected chi connectivity index (χ2v) is 5.62. The number of carbonyl (C=O) groups is 1. The topological polar surface area (TPSA) is 29.1 Å². The van der Waals surface area contributed by atoms with Gasteiger partial charge < -0.3 is 5.32 Å². The Kier molecular flexibility index (Phi) is 3.70. The van der Waals surface area contributed by atoms with Crippen molar-refractivity contribution in [3.05, 3.63) is 28.7 Å². The smallest absolute Gasteiger partial charge is 0.228 e. The molecule has 1 fully saturated rings. The van der Waals surface area contributed by atoms with Crippen LogP contribution in [0.25, 0.3) is 0 Å². The van der Waals surface area contributed by atoms with Gasteiger partial charge in [-0.15, -0.1) is 0 Å². The predicted molar refractivity (Wildman–Crippen MR) is 68.2 cm³/mol. The van der Waals surface area contributed by atoms with E-state index in [1.54, 1.807) is 0 Å². The van der Waals surface area contributed by atoms with Crippen LogP contribution in [-0.2, 0) is 4.79 Å². The second kappa shape index (κ2) is 5.03. The Morgan fingerprint density at radius 2 is 2.13 bits per heavy atom. The number of hydrogen-bond donors (Lipinski definition) is 1. The Labute approximate surface area is 102 Å². The summed E-state index contributed by atoms with van der Waals surface area (Å²) in [5, 5.41) is 2.94. The number of carbonyl (C=O) groups excluding carboxylic acids is 1. The van der Waals surface area contributed by atoms with Crippen LogP contribution in [0.4, 0.5) is 5.69 Å². The van der Waals surface area contributed by atoms with Gasteiger partial charge in [0.15, 0.2) is 0 Å². The lowest BCUT2D eigenvalue weighted by atomic mass is 10.1. The fourth-order valence-electron chi connectivity index (χ4n) is 1.52. The molecule has 0 spiro atoms. The van der Waals surface area contributed by atoms with E-state index in [0.717, 1.165) is 28.1 Å². The third-order valence-electron chi connectivity index (χ3n) is 2.41. The molecule has 0 aromatic heterocycles. The van der Waals surface area contributed by atoms with E-state index in [9.17, 15) is 4.79 Å². The largest absolute Gasteiger partial charge is 0.326 e. The quantitative estimate of drug-likeness (QED) is 0.905. The molecule has 15 heavy (non-hydrogen) atoms. The van der Waals surface area contributed by atoms with Crippen LogP contribution in [0, 0.1) is 5.92 Å². The molecule has 1 N–H and O–H groups in total. The van der Waals surface area contributed by atoms with Crippen molar-refractivity contribution >= 4 is 39.3 Å². The molecule has 4 heteroatoms. The Hall–Kier alpha value is -0.480. The van der Waals surface area contributed by atoms with Crippen LogP contribution >= 0.6 is 27.7 Å². The molecule has 1 aromatic rings. The average Bonchev–Trinajstić information content (AvgIpc) is 2.74. The van der Waals surface area contributed by atoms with E-state index in [-0.39, 0.29) is 11.8 Å². The van der Waals surface area contributed by atoms with E-state index in [4.69, 9.17) is 0 Å². The Morgan fingerprint density at radius 1 is 1.40 bits per heavy atom. The summed E-state index contributed by atoms with van der Waals surface area (Å²) < 4.78 is 1.02. The summed E-state index contributed by atoms with van der Waals surface area (Å²) in [6.45, 7) is 0. The van der Waals surface area contributed by atoms with Gasteiger partial charge in [-0.05, 0) is 36.4 Å². The number of benzene rings is 1. The normalized spacial score (nSPS) is 20.2. The molecule has 80 valence electrons. The third kappa shape index (κ3) is 2.98. The lowest BCUT2D eigenvalue weighted by molar-refractivity contribution is -0.119. The maximum Gasteiger partial charge on any atom is 0.228 e. The molecule has 1 saturated heterocycles. The molecular weight excluding hydrogens is 274 g/mol. The minimum absolute atomic E-state index is 0.155. The van der Waals surface area contributed by atoms with Crippen molar-refractivity contribution in [1.29, 1.82) is 0 Å². The molecule has 1 heterocycles. The molecule has 2 nitrogen and oxygen atoms in total. The Bertz CT molecular complexity index is 346. The highest BCUT2D eigenvalue weighted by molar-refractivity contribution is 9.10. The maximum atomic E-state index is 11.8. The molecule has 1 aliphatic heterocycles. The van der Waals surface area contributed by atoms with Crippen LogP contribution in [0.2, 0.25) is 0 Å². The van der Waals surface area contributed by atoms with Gasteiger partial charge in [-0.25, -0.2) is 0 Å². The van der Waals surface area contributed by atoms with E-state index in [0.29, 0.717) is 0 Å². The van der Waals surface area contributed by atoms with Crippen molar-refractivity contribution in [2.45, 2.75) is 6.42 Å². The second-order valence-electron chi connectivity index (χ2n) is 3.56. The fourth-order valence-corrected chi connectivity index (χ4v) is 3.00. The summed E-state index contributed by atoms with van der Waals surface area (Å²) in [6, 6.07) is 7.67. The minimum atomic E-state index is 0.155. The van der Waals surface area contributed by atoms with Gasteiger partial charge in [0.25, 0.3) is 0 Å². The first-order valence-electron chi connectivity index (χ1n) is 4.90. The number of rotatable bonds is 2. The molecule has 0 radical (unpaired) electrons. The summed E-state index contributed by atoms with van der Waals surface area (Å²) in [5.41, 5.74) is 0.875. The van der Waals surface area contributed by atoms with Crippen LogP contribution in [0.5, 0.6) is 0 Å². The van der Waals surface area contributed by atoms with Crippen LogP contribution in [0.3, 0.4) is 0 Å². The van der Waals surface area contributed by atoms with E-state index < -0.39 is 0 Å². The summed E-state index contributed by atoms with van der Waals surface area (Å²) >= 11 is 5.22. The Balaban J connectivity index is 1.96. The summed E-state index contributed by atoms with van der Waals surface area (Å²) in [4.78, 5) is 11.8. The number of halogens is 1. The molecule has 0 saturated carbocycles. The standard InChI is InChI=1S/C11H12BrNOS/c12-9-1-3-10(4-2-9)13-11(14)8-5-6-15-7-8/h1-4,8H,5-7H2,(H,13,14). The fraction of sp³-hybridized carbons (Fsp3) is 0.364. The Morgan fingerprint density at radius 3 is 2.73 bits per heavy atom. The number of thioether (sulfide) groups is 1. The highest BCUT2D eigenvalue weighted by atomic mass is 79.9. The van der Waals surface area contributed by atoms with Crippen LogP contribution in [-0.4, -0.2) is 17.4 Å². The van der Waals surface area contributed by atoms with Gasteiger partial charge in [0.2, 0.25) is 5.91 Å². The molecule has 1 aliphatic rings. The zero-order valence-corrected chi connectivity index (χ0v) is 10.6. The van der Waals surface area contributed by atoms with E-state index in [2.05, 4.69) is 21.2 Å². The van der Waals surface area contributed by atoms with Crippen LogP contribution < -0.4 is 5.32 Å². The van der Waals surface area contributed by atoms with Crippen LogP contribution in [0.15, 0.2) is 28.7 Å². The number of anilines is 1. The summed E-state index contributed by atoms with van der Waals surface area (Å²) in [5.74, 6) is 2.42. The molecule has 1 aromatic carbocycles. The van der Waals surface area contributed by atoms with E-state index >= 15 is 0 Å². The predicted octanol–water partition coefficient (Wildman–Crippen LogP) is 3.14. The van der Waals surface area contributed by atoms with Crippen molar-refractivity contribution in [2.75, 3.05) is 16.8 Å². The number of hydrogen-bond acceptors (Lipinski definition) is 2. The zero-order chi connectivity index (χ0) is 10.7. The van der Waals surface area contributed by atoms with E-state index in [1.807, 2.05) is 36.0 Å². The first kappa shape index (κ1) is 11.0. The van der Waals surface area contributed by atoms with Crippen molar-refractivity contribution < 1.29 is 4.79 Å². The van der Waals surface area contributed by atoms with E-state index in [1.165, 1.54) is 0 Å². The lowest BCUT2D eigenvalue weighted by Crippen LogP contribution is -2.22. The molecule has 2 rings (SSSR count). The highest BCUT2D eigenvalue weighted by Gasteiger charge is 2.22. The minimum Gasteiger partial charge on any atom is -0.326 e. The van der Waals surface area contributed by atoms with Gasteiger partial charge in [0.05, 0.1) is 0 Å². The zero-order valence-electron chi connectivity index (χ0n) is 8.20. The van der Waals surface area contributed by atoms with Crippen molar-refractivity contribution in [3.63, 3.8) is 0 Å². The lowest BCUT2D eigenvalue weighted by Gasteiger charge is -2.09. The van der Waals surface area contributed by atoms with Gasteiger partial charge in [-0.2, -0.15) is 11.8 Å². The SMILES string of the molecule is O=C(Nc1ccc(Br)cc1)C1CCSC1. The molecule has 0 aliphatic carbocycles. The number of amides is 1. The summed E-state index contributed by atoms with van der Waals surface area (Å²) in [6.07, 6.45) is 1.01. The molecule has 0 bridgehead atoms. The van der Waals surface area contributed by atoms with Crippen molar-refractivity contribution in [1.82, 2.24) is 0 Å². The first-order valence-corrected chi connectivity index (χ1v) is 6.84. The number of nitrogens with one attached hydrogen (secondary N) is 1. The monoisotopic (exact) mass is 285 g/mol. The molecule has 1 amide bonds. The third-order valence-corrected chi connectivity index (χ3v) is 4.10. The van der Waals surface area contributed by atoms with Crippen LogP contribution in [0.1, 0.15) is 6.42 Å². The molecule has 1 unspecified atom stereocenters.